The number of hydrogen-bond acceptors (Lipinski definition) is 3. The van der Waals surface area contributed by atoms with Gasteiger partial charge in [-0.2, -0.15) is 0 Å². The lowest BCUT2D eigenvalue weighted by Gasteiger charge is -2.12. The summed E-state index contributed by atoms with van der Waals surface area (Å²) in [5.74, 6) is 0. The van der Waals surface area contributed by atoms with Crippen molar-refractivity contribution in [2.24, 2.45) is 0 Å². The number of halogens is 2. The molecule has 2 heterocycles. The van der Waals surface area contributed by atoms with Crippen LogP contribution in [0.5, 0.6) is 0 Å². The van der Waals surface area contributed by atoms with Crippen molar-refractivity contribution in [2.75, 3.05) is 5.32 Å². The van der Waals surface area contributed by atoms with Crippen molar-refractivity contribution in [1.29, 1.82) is 0 Å². The van der Waals surface area contributed by atoms with Crippen LogP contribution in [0.2, 0.25) is 10.0 Å². The van der Waals surface area contributed by atoms with E-state index in [0.717, 1.165) is 33.5 Å². The minimum absolute atomic E-state index is 0.512. The smallest absolute Gasteiger partial charge is 0.0730 e. The maximum absolute atomic E-state index is 6.17. The van der Waals surface area contributed by atoms with E-state index in [-0.39, 0.29) is 0 Å². The molecule has 1 N–H and O–H groups in total. The largest absolute Gasteiger partial charge is 0.355 e. The lowest BCUT2D eigenvalue weighted by atomic mass is 10.1. The highest BCUT2D eigenvalue weighted by atomic mass is 35.5. The third-order valence-corrected chi connectivity index (χ3v) is 4.63. The van der Waals surface area contributed by atoms with Gasteiger partial charge in [0.2, 0.25) is 0 Å². The van der Waals surface area contributed by atoms with E-state index in [0.29, 0.717) is 10.0 Å². The Labute approximate surface area is 155 Å². The molecule has 4 rings (SSSR count). The summed E-state index contributed by atoms with van der Waals surface area (Å²) in [6.45, 7) is 0. The zero-order valence-corrected chi connectivity index (χ0v) is 14.6. The molecular weight excluding hydrogens is 353 g/mol. The van der Waals surface area contributed by atoms with Crippen molar-refractivity contribution in [3.8, 4) is 11.3 Å². The van der Waals surface area contributed by atoms with Crippen molar-refractivity contribution in [1.82, 2.24) is 9.97 Å². The molecule has 25 heavy (non-hydrogen) atoms. The molecule has 0 saturated heterocycles. The maximum atomic E-state index is 6.17. The zero-order valence-electron chi connectivity index (χ0n) is 13.1. The van der Waals surface area contributed by atoms with Gasteiger partial charge in [0.25, 0.3) is 0 Å². The average Bonchev–Trinajstić information content (AvgIpc) is 2.65. The van der Waals surface area contributed by atoms with Gasteiger partial charge >= 0.3 is 0 Å². The second-order valence-corrected chi connectivity index (χ2v) is 6.38. The van der Waals surface area contributed by atoms with Crippen LogP contribution < -0.4 is 5.32 Å². The molecule has 0 spiro atoms. The van der Waals surface area contributed by atoms with Gasteiger partial charge < -0.3 is 5.32 Å². The molecule has 0 aliphatic heterocycles. The molecule has 5 heteroatoms. The molecule has 0 fully saturated rings. The SMILES string of the molecule is Clc1ccc(-c2cc(Nc3ccncc3)c3ccccc3n2)cc1Cl. The third-order valence-electron chi connectivity index (χ3n) is 3.89. The first kappa shape index (κ1) is 15.9. The Kier molecular flexibility index (Phi) is 4.26. The van der Waals surface area contributed by atoms with Gasteiger partial charge in [-0.15, -0.1) is 0 Å². The van der Waals surface area contributed by atoms with Crippen LogP contribution in [-0.2, 0) is 0 Å². The lowest BCUT2D eigenvalue weighted by Crippen LogP contribution is -1.95. The summed E-state index contributed by atoms with van der Waals surface area (Å²) in [4.78, 5) is 8.82. The topological polar surface area (TPSA) is 37.8 Å². The molecule has 122 valence electrons. The number of benzene rings is 2. The fourth-order valence-corrected chi connectivity index (χ4v) is 2.97. The molecule has 0 saturated carbocycles. The summed E-state index contributed by atoms with van der Waals surface area (Å²) < 4.78 is 0. The van der Waals surface area contributed by atoms with Crippen LogP contribution in [0.3, 0.4) is 0 Å². The number of nitrogens with one attached hydrogen (secondary N) is 1. The second-order valence-electron chi connectivity index (χ2n) is 5.56. The van der Waals surface area contributed by atoms with E-state index in [1.165, 1.54) is 0 Å². The van der Waals surface area contributed by atoms with Crippen LogP contribution in [-0.4, -0.2) is 9.97 Å². The summed E-state index contributed by atoms with van der Waals surface area (Å²) in [5, 5.41) is 5.53. The Bertz CT molecular complexity index is 1050. The molecule has 0 aliphatic carbocycles. The predicted molar refractivity (Wildman–Crippen MR) is 105 cm³/mol. The van der Waals surface area contributed by atoms with Gasteiger partial charge in [0.15, 0.2) is 0 Å². The minimum atomic E-state index is 0.512. The quantitative estimate of drug-likeness (QED) is 0.459. The molecule has 0 aliphatic rings. The fourth-order valence-electron chi connectivity index (χ4n) is 2.67. The predicted octanol–water partition coefficient (Wildman–Crippen LogP) is 6.35. The van der Waals surface area contributed by atoms with E-state index < -0.39 is 0 Å². The highest BCUT2D eigenvalue weighted by Gasteiger charge is 2.09. The van der Waals surface area contributed by atoms with E-state index in [1.54, 1.807) is 18.5 Å². The Hall–Kier alpha value is -2.62. The van der Waals surface area contributed by atoms with Crippen molar-refractivity contribution in [3.05, 3.63) is 83.1 Å². The van der Waals surface area contributed by atoms with Crippen LogP contribution in [0.4, 0.5) is 11.4 Å². The van der Waals surface area contributed by atoms with Crippen LogP contribution in [0.25, 0.3) is 22.2 Å². The van der Waals surface area contributed by atoms with Gasteiger partial charge in [0, 0.05) is 29.0 Å². The normalized spacial score (nSPS) is 10.8. The Morgan fingerprint density at radius 1 is 0.800 bits per heavy atom. The van der Waals surface area contributed by atoms with E-state index >= 15 is 0 Å². The van der Waals surface area contributed by atoms with Gasteiger partial charge in [-0.05, 0) is 36.4 Å². The summed E-state index contributed by atoms with van der Waals surface area (Å²) >= 11 is 12.2. The highest BCUT2D eigenvalue weighted by molar-refractivity contribution is 6.42. The van der Waals surface area contributed by atoms with Gasteiger partial charge in [-0.1, -0.05) is 47.5 Å². The summed E-state index contributed by atoms with van der Waals surface area (Å²) in [6.07, 6.45) is 3.51. The molecule has 2 aromatic heterocycles. The number of nitrogens with zero attached hydrogens (tertiary/aromatic N) is 2. The van der Waals surface area contributed by atoms with Crippen LogP contribution in [0.1, 0.15) is 0 Å². The molecule has 0 amide bonds. The molecule has 0 unspecified atom stereocenters. The first-order valence-electron chi connectivity index (χ1n) is 7.73. The second kappa shape index (κ2) is 6.71. The third kappa shape index (κ3) is 3.29. The molecule has 0 radical (unpaired) electrons. The standard InChI is InChI=1S/C20H13Cl2N3/c21-16-6-5-13(11-17(16)22)19-12-20(24-14-7-9-23-10-8-14)15-3-1-2-4-18(15)25-19/h1-12H,(H,23,24,25). The first-order chi connectivity index (χ1) is 12.2. The minimum Gasteiger partial charge on any atom is -0.355 e. The van der Waals surface area contributed by atoms with Crippen molar-refractivity contribution < 1.29 is 0 Å². The van der Waals surface area contributed by atoms with Crippen LogP contribution in [0.15, 0.2) is 73.1 Å². The molecular formula is C20H13Cl2N3. The average molecular weight is 366 g/mol. The van der Waals surface area contributed by atoms with Crippen molar-refractivity contribution in [3.63, 3.8) is 0 Å². The fraction of sp³-hybridized carbons (Fsp3) is 0. The highest BCUT2D eigenvalue weighted by Crippen LogP contribution is 2.33. The van der Waals surface area contributed by atoms with Gasteiger partial charge in [-0.3, -0.25) is 4.98 Å². The lowest BCUT2D eigenvalue weighted by molar-refractivity contribution is 1.32. The number of anilines is 2. The van der Waals surface area contributed by atoms with Gasteiger partial charge in [0.05, 0.1) is 26.9 Å². The molecule has 0 bridgehead atoms. The summed E-state index contributed by atoms with van der Waals surface area (Å²) in [6, 6.07) is 19.4. The maximum Gasteiger partial charge on any atom is 0.0730 e. The molecule has 4 aromatic rings. The van der Waals surface area contributed by atoms with E-state index in [4.69, 9.17) is 28.2 Å². The summed E-state index contributed by atoms with van der Waals surface area (Å²) in [5.41, 5.74) is 4.58. The van der Waals surface area contributed by atoms with Crippen LogP contribution >= 0.6 is 23.2 Å². The van der Waals surface area contributed by atoms with E-state index in [2.05, 4.69) is 10.3 Å². The number of aromatic nitrogens is 2. The molecule has 3 nitrogen and oxygen atoms in total. The van der Waals surface area contributed by atoms with E-state index in [9.17, 15) is 0 Å². The Morgan fingerprint density at radius 2 is 1.60 bits per heavy atom. The van der Waals surface area contributed by atoms with Crippen molar-refractivity contribution >= 4 is 45.5 Å². The monoisotopic (exact) mass is 365 g/mol. The van der Waals surface area contributed by atoms with Gasteiger partial charge in [-0.25, -0.2) is 4.98 Å². The summed E-state index contributed by atoms with van der Waals surface area (Å²) in [7, 11) is 0. The zero-order chi connectivity index (χ0) is 17.2. The number of fused-ring (bicyclic) bond motifs is 1. The number of hydrogen-bond donors (Lipinski definition) is 1. The van der Waals surface area contributed by atoms with Gasteiger partial charge in [0.1, 0.15) is 0 Å². The molecule has 2 aromatic carbocycles. The Balaban J connectivity index is 1.87. The van der Waals surface area contributed by atoms with Crippen molar-refractivity contribution in [2.45, 2.75) is 0 Å². The Morgan fingerprint density at radius 3 is 2.40 bits per heavy atom. The number of pyridine rings is 2. The molecule has 0 atom stereocenters. The number of para-hydroxylation sites is 1. The van der Waals surface area contributed by atoms with Crippen LogP contribution in [0, 0.1) is 0 Å². The number of rotatable bonds is 3. The first-order valence-corrected chi connectivity index (χ1v) is 8.48. The van der Waals surface area contributed by atoms with E-state index in [1.807, 2.05) is 54.6 Å².